The standard InChI is InChI=1S/C19H21FN2O2S/c1-12-4-8-16(9-5-12)21-18(23)11-25-14(3)19(24)22-17-10-15(20)7-6-13(17)2/h4-10,14H,11H2,1-3H3,(H,21,23)(H,22,24)/t14-/m1/s1. The van der Waals surface area contributed by atoms with E-state index >= 15 is 0 Å². The molecule has 0 spiro atoms. The predicted octanol–water partition coefficient (Wildman–Crippen LogP) is 4.14. The number of anilines is 2. The maximum Gasteiger partial charge on any atom is 0.237 e. The van der Waals surface area contributed by atoms with Crippen molar-refractivity contribution in [3.05, 3.63) is 59.4 Å². The lowest BCUT2D eigenvalue weighted by Crippen LogP contribution is -2.25. The summed E-state index contributed by atoms with van der Waals surface area (Å²) in [4.78, 5) is 24.2. The van der Waals surface area contributed by atoms with Crippen molar-refractivity contribution in [3.63, 3.8) is 0 Å². The molecule has 2 aromatic rings. The number of carbonyl (C=O) groups is 2. The van der Waals surface area contributed by atoms with Crippen LogP contribution in [-0.4, -0.2) is 22.8 Å². The third-order valence-electron chi connectivity index (χ3n) is 3.63. The van der Waals surface area contributed by atoms with Crippen molar-refractivity contribution in [2.24, 2.45) is 0 Å². The summed E-state index contributed by atoms with van der Waals surface area (Å²) in [5.74, 6) is -0.680. The molecule has 2 rings (SSSR count). The lowest BCUT2D eigenvalue weighted by Gasteiger charge is -2.13. The van der Waals surface area contributed by atoms with E-state index in [2.05, 4.69) is 10.6 Å². The molecule has 0 saturated carbocycles. The van der Waals surface area contributed by atoms with E-state index in [1.165, 1.54) is 23.9 Å². The fourth-order valence-electron chi connectivity index (χ4n) is 2.07. The summed E-state index contributed by atoms with van der Waals surface area (Å²) in [5.41, 5.74) is 3.07. The normalized spacial score (nSPS) is 11.7. The number of thioether (sulfide) groups is 1. The topological polar surface area (TPSA) is 58.2 Å². The molecule has 25 heavy (non-hydrogen) atoms. The van der Waals surface area contributed by atoms with Crippen LogP contribution in [0.15, 0.2) is 42.5 Å². The molecule has 1 atom stereocenters. The second kappa shape index (κ2) is 8.67. The fraction of sp³-hybridized carbons (Fsp3) is 0.263. The first-order valence-electron chi connectivity index (χ1n) is 7.90. The number of aryl methyl sites for hydroxylation is 2. The Morgan fingerprint density at radius 2 is 1.76 bits per heavy atom. The number of nitrogens with one attached hydrogen (secondary N) is 2. The number of hydrogen-bond acceptors (Lipinski definition) is 3. The molecule has 6 heteroatoms. The minimum atomic E-state index is -0.438. The van der Waals surface area contributed by atoms with Crippen LogP contribution < -0.4 is 10.6 Å². The van der Waals surface area contributed by atoms with Crippen LogP contribution in [0.25, 0.3) is 0 Å². The van der Waals surface area contributed by atoms with E-state index in [0.29, 0.717) is 5.69 Å². The van der Waals surface area contributed by atoms with Crippen molar-refractivity contribution in [3.8, 4) is 0 Å². The van der Waals surface area contributed by atoms with Gasteiger partial charge in [-0.2, -0.15) is 0 Å². The first-order valence-corrected chi connectivity index (χ1v) is 8.95. The highest BCUT2D eigenvalue weighted by molar-refractivity contribution is 8.01. The highest BCUT2D eigenvalue weighted by Crippen LogP contribution is 2.19. The molecule has 0 bridgehead atoms. The molecule has 0 aliphatic rings. The van der Waals surface area contributed by atoms with Gasteiger partial charge < -0.3 is 10.6 Å². The monoisotopic (exact) mass is 360 g/mol. The van der Waals surface area contributed by atoms with Gasteiger partial charge in [0, 0.05) is 11.4 Å². The van der Waals surface area contributed by atoms with Crippen LogP contribution in [0.3, 0.4) is 0 Å². The first-order chi connectivity index (χ1) is 11.8. The molecule has 2 N–H and O–H groups in total. The average Bonchev–Trinajstić information content (AvgIpc) is 2.58. The summed E-state index contributed by atoms with van der Waals surface area (Å²) in [6.45, 7) is 5.48. The van der Waals surface area contributed by atoms with Gasteiger partial charge in [-0.15, -0.1) is 11.8 Å². The van der Waals surface area contributed by atoms with Gasteiger partial charge in [0.1, 0.15) is 5.82 Å². The minimum Gasteiger partial charge on any atom is -0.325 e. The first kappa shape index (κ1) is 19.0. The number of carbonyl (C=O) groups excluding carboxylic acids is 2. The van der Waals surface area contributed by atoms with Crippen LogP contribution in [-0.2, 0) is 9.59 Å². The van der Waals surface area contributed by atoms with Crippen LogP contribution in [0.1, 0.15) is 18.1 Å². The van der Waals surface area contributed by atoms with Crippen LogP contribution in [0.5, 0.6) is 0 Å². The molecule has 2 amide bonds. The van der Waals surface area contributed by atoms with E-state index < -0.39 is 11.1 Å². The van der Waals surface area contributed by atoms with Crippen LogP contribution >= 0.6 is 11.8 Å². The molecule has 0 unspecified atom stereocenters. The number of halogens is 1. The van der Waals surface area contributed by atoms with Gasteiger partial charge in [0.2, 0.25) is 11.8 Å². The van der Waals surface area contributed by atoms with Crippen LogP contribution in [0, 0.1) is 19.7 Å². The largest absolute Gasteiger partial charge is 0.325 e. The van der Waals surface area contributed by atoms with Crippen molar-refractivity contribution in [1.29, 1.82) is 0 Å². The Bertz CT molecular complexity index is 763. The summed E-state index contributed by atoms with van der Waals surface area (Å²) in [5, 5.41) is 5.05. The summed E-state index contributed by atoms with van der Waals surface area (Å²) in [6, 6.07) is 11.7. The molecule has 4 nitrogen and oxygen atoms in total. The van der Waals surface area contributed by atoms with Gasteiger partial charge in [0.15, 0.2) is 0 Å². The van der Waals surface area contributed by atoms with E-state index in [1.54, 1.807) is 19.9 Å². The molecule has 132 valence electrons. The zero-order chi connectivity index (χ0) is 18.4. The molecule has 0 heterocycles. The van der Waals surface area contributed by atoms with Crippen molar-refractivity contribution in [2.45, 2.75) is 26.0 Å². The average molecular weight is 360 g/mol. The maximum atomic E-state index is 13.3. The number of benzene rings is 2. The molecule has 0 aliphatic heterocycles. The highest BCUT2D eigenvalue weighted by atomic mass is 32.2. The van der Waals surface area contributed by atoms with Crippen LogP contribution in [0.4, 0.5) is 15.8 Å². The van der Waals surface area contributed by atoms with Gasteiger partial charge in [-0.3, -0.25) is 9.59 Å². The van der Waals surface area contributed by atoms with Crippen LogP contribution in [0.2, 0.25) is 0 Å². The maximum absolute atomic E-state index is 13.3. The number of rotatable bonds is 6. The quantitative estimate of drug-likeness (QED) is 0.814. The van der Waals surface area contributed by atoms with E-state index in [-0.39, 0.29) is 17.6 Å². The Morgan fingerprint density at radius 1 is 1.08 bits per heavy atom. The molecular formula is C19H21FN2O2S. The molecule has 0 fully saturated rings. The molecule has 0 aliphatic carbocycles. The molecule has 0 radical (unpaired) electrons. The Morgan fingerprint density at radius 3 is 2.44 bits per heavy atom. The number of hydrogen-bond donors (Lipinski definition) is 2. The van der Waals surface area contributed by atoms with E-state index in [1.807, 2.05) is 31.2 Å². The van der Waals surface area contributed by atoms with E-state index in [4.69, 9.17) is 0 Å². The highest BCUT2D eigenvalue weighted by Gasteiger charge is 2.16. The zero-order valence-corrected chi connectivity index (χ0v) is 15.2. The lowest BCUT2D eigenvalue weighted by molar-refractivity contribution is -0.115. The Hall–Kier alpha value is -2.34. The second-order valence-corrected chi connectivity index (χ2v) is 7.15. The van der Waals surface area contributed by atoms with E-state index in [0.717, 1.165) is 16.8 Å². The predicted molar refractivity (Wildman–Crippen MR) is 101 cm³/mol. The summed E-state index contributed by atoms with van der Waals surface area (Å²) < 4.78 is 13.3. The Kier molecular flexibility index (Phi) is 6.58. The van der Waals surface area contributed by atoms with Crippen molar-refractivity contribution < 1.29 is 14.0 Å². The molecule has 0 aromatic heterocycles. The fourth-order valence-corrected chi connectivity index (χ4v) is 2.76. The van der Waals surface area contributed by atoms with Gasteiger partial charge in [0.25, 0.3) is 0 Å². The minimum absolute atomic E-state index is 0.157. The summed E-state index contributed by atoms with van der Waals surface area (Å²) in [6.07, 6.45) is 0. The zero-order valence-electron chi connectivity index (χ0n) is 14.4. The van der Waals surface area contributed by atoms with Gasteiger partial charge >= 0.3 is 0 Å². The van der Waals surface area contributed by atoms with Gasteiger partial charge in [-0.25, -0.2) is 4.39 Å². The Labute approximate surface area is 151 Å². The summed E-state index contributed by atoms with van der Waals surface area (Å²) >= 11 is 1.23. The van der Waals surface area contributed by atoms with E-state index in [9.17, 15) is 14.0 Å². The summed E-state index contributed by atoms with van der Waals surface area (Å²) in [7, 11) is 0. The third kappa shape index (κ3) is 5.90. The van der Waals surface area contributed by atoms with Gasteiger partial charge in [-0.05, 0) is 50.6 Å². The second-order valence-electron chi connectivity index (χ2n) is 5.82. The molecule has 0 saturated heterocycles. The van der Waals surface area contributed by atoms with Gasteiger partial charge in [0.05, 0.1) is 11.0 Å². The van der Waals surface area contributed by atoms with Gasteiger partial charge in [-0.1, -0.05) is 23.8 Å². The van der Waals surface area contributed by atoms with Crippen molar-refractivity contribution in [1.82, 2.24) is 0 Å². The number of amides is 2. The third-order valence-corrected chi connectivity index (χ3v) is 4.77. The van der Waals surface area contributed by atoms with Crippen molar-refractivity contribution >= 4 is 35.0 Å². The molecular weight excluding hydrogens is 339 g/mol. The molecule has 2 aromatic carbocycles. The smallest absolute Gasteiger partial charge is 0.237 e. The van der Waals surface area contributed by atoms with Crippen molar-refractivity contribution in [2.75, 3.05) is 16.4 Å². The SMILES string of the molecule is Cc1ccc(NC(=O)CS[C@H](C)C(=O)Nc2cc(F)ccc2C)cc1. The lowest BCUT2D eigenvalue weighted by atomic mass is 10.2. The Balaban J connectivity index is 1.83.